The van der Waals surface area contributed by atoms with Crippen LogP contribution in [0, 0.1) is 5.41 Å². The lowest BCUT2D eigenvalue weighted by Crippen LogP contribution is -2.55. The Kier molecular flexibility index (Phi) is 4.06. The largest absolute Gasteiger partial charge is 0.480 e. The van der Waals surface area contributed by atoms with Crippen molar-refractivity contribution < 1.29 is 19.5 Å². The van der Waals surface area contributed by atoms with E-state index in [2.05, 4.69) is 5.32 Å². The molecular weight excluding hydrogens is 226 g/mol. The summed E-state index contributed by atoms with van der Waals surface area (Å²) in [6.07, 6.45) is 1.79. The monoisotopic (exact) mass is 243 g/mol. The van der Waals surface area contributed by atoms with Crippen LogP contribution in [0.2, 0.25) is 0 Å². The molecule has 7 nitrogen and oxygen atoms in total. The van der Waals surface area contributed by atoms with Crippen molar-refractivity contribution in [3.63, 3.8) is 0 Å². The topological polar surface area (TPSA) is 136 Å². The molecule has 1 rings (SSSR count). The highest BCUT2D eigenvalue weighted by Gasteiger charge is 2.44. The molecule has 0 spiro atoms. The summed E-state index contributed by atoms with van der Waals surface area (Å²) in [6, 6.07) is -1.27. The molecule has 1 atom stereocenters. The summed E-state index contributed by atoms with van der Waals surface area (Å²) >= 11 is 0. The second-order valence-corrected chi connectivity index (χ2v) is 4.37. The van der Waals surface area contributed by atoms with Crippen molar-refractivity contribution in [1.29, 1.82) is 0 Å². The molecule has 1 aliphatic rings. The van der Waals surface area contributed by atoms with Crippen LogP contribution in [0.3, 0.4) is 0 Å². The molecule has 96 valence electrons. The van der Waals surface area contributed by atoms with Gasteiger partial charge in [-0.3, -0.25) is 9.59 Å². The summed E-state index contributed by atoms with van der Waals surface area (Å²) in [6.45, 7) is 0.182. The molecule has 0 radical (unpaired) electrons. The van der Waals surface area contributed by atoms with E-state index in [0.29, 0.717) is 12.8 Å². The number of carboxylic acids is 1. The number of amides is 2. The van der Waals surface area contributed by atoms with Gasteiger partial charge in [0.2, 0.25) is 11.8 Å². The Labute approximate surface area is 98.5 Å². The van der Waals surface area contributed by atoms with E-state index in [-0.39, 0.29) is 6.54 Å². The summed E-state index contributed by atoms with van der Waals surface area (Å²) in [5, 5.41) is 11.2. The minimum absolute atomic E-state index is 0.182. The number of aliphatic carboxylic acids is 1. The number of hydrogen-bond donors (Lipinski definition) is 4. The number of nitrogens with one attached hydrogen (secondary N) is 1. The minimum atomic E-state index is -1.27. The summed E-state index contributed by atoms with van der Waals surface area (Å²) in [5.41, 5.74) is 9.78. The van der Waals surface area contributed by atoms with E-state index in [1.54, 1.807) is 0 Å². The van der Waals surface area contributed by atoms with E-state index in [1.807, 2.05) is 0 Å². The fraction of sp³-hybridized carbons (Fsp3) is 0.700. The molecule has 0 unspecified atom stereocenters. The number of rotatable bonds is 6. The third-order valence-electron chi connectivity index (χ3n) is 3.19. The molecule has 0 heterocycles. The van der Waals surface area contributed by atoms with E-state index in [4.69, 9.17) is 16.6 Å². The van der Waals surface area contributed by atoms with Crippen LogP contribution in [0.15, 0.2) is 0 Å². The van der Waals surface area contributed by atoms with Crippen molar-refractivity contribution >= 4 is 17.8 Å². The Morgan fingerprint density at radius 1 is 1.35 bits per heavy atom. The maximum Gasteiger partial charge on any atom is 0.326 e. The highest BCUT2D eigenvalue weighted by Crippen LogP contribution is 2.40. The quantitative estimate of drug-likeness (QED) is 0.453. The molecule has 6 N–H and O–H groups in total. The fourth-order valence-corrected chi connectivity index (χ4v) is 1.84. The first-order valence-electron chi connectivity index (χ1n) is 5.43. The van der Waals surface area contributed by atoms with Gasteiger partial charge in [-0.2, -0.15) is 0 Å². The Hall–Kier alpha value is -1.63. The summed E-state index contributed by atoms with van der Waals surface area (Å²) in [4.78, 5) is 33.4. The van der Waals surface area contributed by atoms with E-state index < -0.39 is 35.7 Å². The normalized spacial score (nSPS) is 18.9. The first-order chi connectivity index (χ1) is 7.91. The maximum absolute atomic E-state index is 11.9. The number of primary amides is 1. The molecule has 0 bridgehead atoms. The number of carbonyl (C=O) groups excluding carboxylic acids is 2. The van der Waals surface area contributed by atoms with E-state index >= 15 is 0 Å². The summed E-state index contributed by atoms with van der Waals surface area (Å²) in [5.74, 6) is -2.45. The molecule has 0 aromatic heterocycles. The molecule has 0 saturated heterocycles. The Morgan fingerprint density at radius 2 is 1.94 bits per heavy atom. The minimum Gasteiger partial charge on any atom is -0.480 e. The van der Waals surface area contributed by atoms with Gasteiger partial charge in [0.25, 0.3) is 0 Å². The summed E-state index contributed by atoms with van der Waals surface area (Å²) < 4.78 is 0. The number of hydrogen-bond acceptors (Lipinski definition) is 4. The second-order valence-electron chi connectivity index (χ2n) is 4.37. The van der Waals surface area contributed by atoms with Gasteiger partial charge in [0.05, 0.1) is 11.8 Å². The van der Waals surface area contributed by atoms with Gasteiger partial charge in [-0.1, -0.05) is 6.42 Å². The molecule has 0 aliphatic heterocycles. The Balaban J connectivity index is 2.63. The van der Waals surface area contributed by atoms with Crippen LogP contribution in [-0.2, 0) is 14.4 Å². The first-order valence-corrected chi connectivity index (χ1v) is 5.43. The highest BCUT2D eigenvalue weighted by atomic mass is 16.4. The van der Waals surface area contributed by atoms with Gasteiger partial charge in [-0.25, -0.2) is 4.79 Å². The van der Waals surface area contributed by atoms with Crippen LogP contribution >= 0.6 is 0 Å². The Bertz CT molecular complexity index is 333. The van der Waals surface area contributed by atoms with Crippen molar-refractivity contribution in [2.45, 2.75) is 31.7 Å². The number of carbonyl (C=O) groups is 3. The molecule has 1 fully saturated rings. The SMILES string of the molecule is NCC1(C(=O)N[C@@H](CC(N)=O)C(=O)O)CCC1. The van der Waals surface area contributed by atoms with Crippen molar-refractivity contribution in [3.05, 3.63) is 0 Å². The van der Waals surface area contributed by atoms with Gasteiger partial charge < -0.3 is 21.9 Å². The van der Waals surface area contributed by atoms with Gasteiger partial charge >= 0.3 is 5.97 Å². The Morgan fingerprint density at radius 3 is 2.24 bits per heavy atom. The summed E-state index contributed by atoms with van der Waals surface area (Å²) in [7, 11) is 0. The lowest BCUT2D eigenvalue weighted by molar-refractivity contribution is -0.146. The standard InChI is InChI=1S/C10H17N3O4/c11-5-10(2-1-3-10)9(17)13-6(8(15)16)4-7(12)14/h6H,1-5,11H2,(H2,12,14)(H,13,17)(H,15,16)/t6-/m0/s1. The van der Waals surface area contributed by atoms with Crippen molar-refractivity contribution in [1.82, 2.24) is 5.32 Å². The van der Waals surface area contributed by atoms with E-state index in [9.17, 15) is 14.4 Å². The van der Waals surface area contributed by atoms with E-state index in [0.717, 1.165) is 6.42 Å². The predicted octanol–water partition coefficient (Wildman–Crippen LogP) is -1.44. The van der Waals surface area contributed by atoms with Crippen LogP contribution in [0.5, 0.6) is 0 Å². The maximum atomic E-state index is 11.9. The smallest absolute Gasteiger partial charge is 0.326 e. The zero-order valence-electron chi connectivity index (χ0n) is 9.44. The van der Waals surface area contributed by atoms with E-state index in [1.165, 1.54) is 0 Å². The van der Waals surface area contributed by atoms with Crippen molar-refractivity contribution in [2.24, 2.45) is 16.9 Å². The van der Waals surface area contributed by atoms with Gasteiger partial charge in [-0.05, 0) is 12.8 Å². The fourth-order valence-electron chi connectivity index (χ4n) is 1.84. The van der Waals surface area contributed by atoms with Crippen molar-refractivity contribution in [2.75, 3.05) is 6.54 Å². The second kappa shape index (κ2) is 5.13. The number of carboxylic acid groups (broad SMARTS) is 1. The van der Waals surface area contributed by atoms with Gasteiger partial charge in [-0.15, -0.1) is 0 Å². The molecule has 1 aliphatic carbocycles. The van der Waals surface area contributed by atoms with Crippen LogP contribution in [0.25, 0.3) is 0 Å². The molecule has 7 heteroatoms. The van der Waals surface area contributed by atoms with Gasteiger partial charge in [0.15, 0.2) is 0 Å². The van der Waals surface area contributed by atoms with Crippen LogP contribution in [0.1, 0.15) is 25.7 Å². The first kappa shape index (κ1) is 13.4. The zero-order valence-corrected chi connectivity index (χ0v) is 9.44. The number of nitrogens with two attached hydrogens (primary N) is 2. The zero-order chi connectivity index (χ0) is 13.1. The molecule has 17 heavy (non-hydrogen) atoms. The third-order valence-corrected chi connectivity index (χ3v) is 3.19. The van der Waals surface area contributed by atoms with Crippen molar-refractivity contribution in [3.8, 4) is 0 Å². The van der Waals surface area contributed by atoms with Gasteiger partial charge in [0.1, 0.15) is 6.04 Å². The predicted molar refractivity (Wildman–Crippen MR) is 58.7 cm³/mol. The van der Waals surface area contributed by atoms with Crippen LogP contribution < -0.4 is 16.8 Å². The molecule has 0 aromatic carbocycles. The third kappa shape index (κ3) is 2.94. The van der Waals surface area contributed by atoms with Gasteiger partial charge in [0, 0.05) is 6.54 Å². The average Bonchev–Trinajstić information content (AvgIpc) is 2.14. The van der Waals surface area contributed by atoms with Crippen LogP contribution in [0.4, 0.5) is 0 Å². The molecular formula is C10H17N3O4. The molecule has 2 amide bonds. The van der Waals surface area contributed by atoms with Crippen LogP contribution in [-0.4, -0.2) is 35.5 Å². The lowest BCUT2D eigenvalue weighted by Gasteiger charge is -2.39. The highest BCUT2D eigenvalue weighted by molar-refractivity contribution is 5.90. The lowest BCUT2D eigenvalue weighted by atomic mass is 9.68. The molecule has 0 aromatic rings. The average molecular weight is 243 g/mol. The molecule has 1 saturated carbocycles.